The third kappa shape index (κ3) is 1.80. The van der Waals surface area contributed by atoms with Crippen LogP contribution in [0.15, 0.2) is 18.2 Å². The Morgan fingerprint density at radius 1 is 1.31 bits per heavy atom. The van der Waals surface area contributed by atoms with Crippen molar-refractivity contribution in [1.29, 1.82) is 0 Å². The largest absolute Gasteiger partial charge is 0.425 e. The van der Waals surface area contributed by atoms with Crippen molar-refractivity contribution in [2.75, 3.05) is 4.43 Å². The summed E-state index contributed by atoms with van der Waals surface area (Å²) < 4.78 is 5.14. The van der Waals surface area contributed by atoms with Crippen LogP contribution in [0.2, 0.25) is 0 Å². The summed E-state index contributed by atoms with van der Waals surface area (Å²) in [6, 6.07) is 4.56. The maximum Gasteiger partial charge on any atom is 0.321 e. The van der Waals surface area contributed by atoms with Gasteiger partial charge in [0, 0.05) is 0 Å². The number of benzene rings is 1. The van der Waals surface area contributed by atoms with Crippen molar-refractivity contribution in [3.63, 3.8) is 0 Å². The monoisotopic (exact) mass is 331 g/mol. The number of hydrogen-bond donors (Lipinski definition) is 1. The van der Waals surface area contributed by atoms with E-state index in [1.807, 2.05) is 22.6 Å². The number of carbonyl (C=O) groups excluding carboxylic acids is 3. The van der Waals surface area contributed by atoms with Crippen molar-refractivity contribution < 1.29 is 19.1 Å². The molecule has 2 rings (SSSR count). The van der Waals surface area contributed by atoms with Crippen molar-refractivity contribution in [3.8, 4) is 5.75 Å². The molecule has 1 aromatic rings. The minimum Gasteiger partial charge on any atom is -0.425 e. The molecule has 0 saturated heterocycles. The number of imide groups is 1. The summed E-state index contributed by atoms with van der Waals surface area (Å²) in [6.45, 7) is 0. The number of fused-ring (bicyclic) bond motifs is 1. The third-order valence-corrected chi connectivity index (χ3v) is 2.68. The molecule has 6 heteroatoms. The SMILES string of the molecule is O=C(CI)Oc1cccc2c1C(=O)NC2=O. The fourth-order valence-electron chi connectivity index (χ4n) is 1.42. The predicted octanol–water partition coefficient (Wildman–Crippen LogP) is 0.911. The molecular weight excluding hydrogens is 325 g/mol. The fraction of sp³-hybridized carbons (Fsp3) is 0.100. The average molecular weight is 331 g/mol. The topological polar surface area (TPSA) is 72.5 Å². The Bertz CT molecular complexity index is 498. The minimum atomic E-state index is -0.531. The van der Waals surface area contributed by atoms with Crippen LogP contribution in [0.1, 0.15) is 20.7 Å². The van der Waals surface area contributed by atoms with Gasteiger partial charge >= 0.3 is 5.97 Å². The fourth-order valence-corrected chi connectivity index (χ4v) is 1.58. The van der Waals surface area contributed by atoms with Crippen LogP contribution in [-0.2, 0) is 4.79 Å². The number of esters is 1. The highest BCUT2D eigenvalue weighted by Crippen LogP contribution is 2.26. The summed E-state index contributed by atoms with van der Waals surface area (Å²) in [6.07, 6.45) is 0. The van der Waals surface area contributed by atoms with Crippen LogP contribution in [0.5, 0.6) is 5.75 Å². The number of rotatable bonds is 2. The maximum absolute atomic E-state index is 11.4. The Balaban J connectivity index is 2.45. The standard InChI is InChI=1S/C10H6INO4/c11-4-7(13)16-6-3-1-2-5-8(6)10(15)12-9(5)14/h1-3H,4H2,(H,12,14,15). The maximum atomic E-state index is 11.4. The van der Waals surface area contributed by atoms with E-state index >= 15 is 0 Å². The van der Waals surface area contributed by atoms with Gasteiger partial charge in [0.05, 0.1) is 15.6 Å². The van der Waals surface area contributed by atoms with Crippen LogP contribution in [0.4, 0.5) is 0 Å². The van der Waals surface area contributed by atoms with Gasteiger partial charge in [-0.15, -0.1) is 0 Å². The van der Waals surface area contributed by atoms with Gasteiger partial charge in [-0.05, 0) is 12.1 Å². The van der Waals surface area contributed by atoms with E-state index in [0.29, 0.717) is 0 Å². The van der Waals surface area contributed by atoms with E-state index in [-0.39, 0.29) is 21.3 Å². The number of halogens is 1. The van der Waals surface area contributed by atoms with E-state index < -0.39 is 17.8 Å². The Hall–Kier alpha value is -1.44. The summed E-state index contributed by atoms with van der Waals surface area (Å²) in [4.78, 5) is 33.9. The highest BCUT2D eigenvalue weighted by Gasteiger charge is 2.30. The first kappa shape index (κ1) is 11.1. The van der Waals surface area contributed by atoms with Gasteiger partial charge in [-0.25, -0.2) is 0 Å². The zero-order valence-corrected chi connectivity index (χ0v) is 10.1. The van der Waals surface area contributed by atoms with Gasteiger partial charge in [0.25, 0.3) is 11.8 Å². The molecule has 0 radical (unpaired) electrons. The molecule has 0 spiro atoms. The lowest BCUT2D eigenvalue weighted by Crippen LogP contribution is -2.20. The summed E-state index contributed by atoms with van der Waals surface area (Å²) in [5.74, 6) is -1.33. The molecule has 1 heterocycles. The Morgan fingerprint density at radius 3 is 2.75 bits per heavy atom. The van der Waals surface area contributed by atoms with Crippen LogP contribution in [0.3, 0.4) is 0 Å². The quantitative estimate of drug-likeness (QED) is 0.287. The molecule has 1 aliphatic heterocycles. The molecule has 16 heavy (non-hydrogen) atoms. The zero-order chi connectivity index (χ0) is 11.7. The van der Waals surface area contributed by atoms with E-state index in [1.54, 1.807) is 6.07 Å². The molecular formula is C10H6INO4. The summed E-state index contributed by atoms with van der Waals surface area (Å²) in [5.41, 5.74) is 0.370. The molecule has 1 aromatic carbocycles. The first-order chi connectivity index (χ1) is 7.63. The van der Waals surface area contributed by atoms with Crippen molar-refractivity contribution >= 4 is 40.4 Å². The lowest BCUT2D eigenvalue weighted by atomic mass is 10.1. The van der Waals surface area contributed by atoms with Crippen LogP contribution in [0, 0.1) is 0 Å². The van der Waals surface area contributed by atoms with Crippen LogP contribution in [0.25, 0.3) is 0 Å². The van der Waals surface area contributed by atoms with E-state index in [1.165, 1.54) is 12.1 Å². The lowest BCUT2D eigenvalue weighted by Gasteiger charge is -2.04. The van der Waals surface area contributed by atoms with E-state index in [4.69, 9.17) is 4.74 Å². The Morgan fingerprint density at radius 2 is 2.06 bits per heavy atom. The number of alkyl halides is 1. The molecule has 0 unspecified atom stereocenters. The van der Waals surface area contributed by atoms with E-state index in [9.17, 15) is 14.4 Å². The number of carbonyl (C=O) groups is 3. The summed E-state index contributed by atoms with van der Waals surface area (Å²) >= 11 is 1.86. The van der Waals surface area contributed by atoms with Gasteiger partial charge < -0.3 is 4.74 Å². The predicted molar refractivity (Wildman–Crippen MR) is 62.8 cm³/mol. The van der Waals surface area contributed by atoms with Crippen molar-refractivity contribution in [1.82, 2.24) is 5.32 Å². The van der Waals surface area contributed by atoms with Gasteiger partial charge in [0.1, 0.15) is 5.75 Å². The summed E-state index contributed by atoms with van der Waals surface area (Å²) in [7, 11) is 0. The second-order valence-electron chi connectivity index (χ2n) is 3.07. The second kappa shape index (κ2) is 4.20. The smallest absolute Gasteiger partial charge is 0.321 e. The highest BCUT2D eigenvalue weighted by atomic mass is 127. The number of hydrogen-bond acceptors (Lipinski definition) is 4. The Kier molecular flexibility index (Phi) is 2.90. The third-order valence-electron chi connectivity index (χ3n) is 2.06. The zero-order valence-electron chi connectivity index (χ0n) is 7.95. The van der Waals surface area contributed by atoms with Gasteiger partial charge in [-0.1, -0.05) is 28.7 Å². The molecule has 0 aliphatic carbocycles. The molecule has 82 valence electrons. The van der Waals surface area contributed by atoms with Crippen molar-refractivity contribution in [3.05, 3.63) is 29.3 Å². The molecule has 0 saturated carbocycles. The first-order valence-corrected chi connectivity index (χ1v) is 5.91. The molecule has 2 amide bonds. The Labute approximate surface area is 104 Å². The van der Waals surface area contributed by atoms with Crippen LogP contribution in [-0.4, -0.2) is 22.2 Å². The van der Waals surface area contributed by atoms with Crippen LogP contribution < -0.4 is 10.1 Å². The van der Waals surface area contributed by atoms with Gasteiger partial charge in [-0.2, -0.15) is 0 Å². The van der Waals surface area contributed by atoms with Crippen molar-refractivity contribution in [2.24, 2.45) is 0 Å². The lowest BCUT2D eigenvalue weighted by molar-refractivity contribution is -0.131. The van der Waals surface area contributed by atoms with E-state index in [0.717, 1.165) is 0 Å². The second-order valence-corrected chi connectivity index (χ2v) is 3.83. The van der Waals surface area contributed by atoms with Gasteiger partial charge in [0.2, 0.25) is 0 Å². The highest BCUT2D eigenvalue weighted by molar-refractivity contribution is 14.1. The molecule has 1 N–H and O–H groups in total. The molecule has 0 bridgehead atoms. The molecule has 5 nitrogen and oxygen atoms in total. The first-order valence-electron chi connectivity index (χ1n) is 4.39. The van der Waals surface area contributed by atoms with Crippen LogP contribution >= 0.6 is 22.6 Å². The number of nitrogens with one attached hydrogen (secondary N) is 1. The molecule has 1 aliphatic rings. The summed E-state index contributed by atoms with van der Waals surface area (Å²) in [5, 5.41) is 2.14. The normalized spacial score (nSPS) is 13.3. The average Bonchev–Trinajstić information content (AvgIpc) is 2.56. The minimum absolute atomic E-state index is 0.127. The van der Waals surface area contributed by atoms with Gasteiger partial charge in [-0.3, -0.25) is 19.7 Å². The number of amides is 2. The van der Waals surface area contributed by atoms with Gasteiger partial charge in [0.15, 0.2) is 0 Å². The van der Waals surface area contributed by atoms with E-state index in [2.05, 4.69) is 5.32 Å². The molecule has 0 aromatic heterocycles. The molecule has 0 fully saturated rings. The number of ether oxygens (including phenoxy) is 1. The molecule has 0 atom stereocenters. The van der Waals surface area contributed by atoms with Crippen molar-refractivity contribution in [2.45, 2.75) is 0 Å².